The van der Waals surface area contributed by atoms with E-state index in [0.29, 0.717) is 33.7 Å². The van der Waals surface area contributed by atoms with Crippen LogP contribution in [0.4, 0.5) is 5.69 Å². The van der Waals surface area contributed by atoms with Gasteiger partial charge in [0, 0.05) is 28.7 Å². The maximum absolute atomic E-state index is 14.1. The summed E-state index contributed by atoms with van der Waals surface area (Å²) in [5, 5.41) is 48.1. The lowest BCUT2D eigenvalue weighted by Gasteiger charge is -2.50. The van der Waals surface area contributed by atoms with Crippen molar-refractivity contribution in [2.45, 2.75) is 32.3 Å². The van der Waals surface area contributed by atoms with Crippen molar-refractivity contribution in [3.8, 4) is 22.6 Å². The average Bonchev–Trinajstić information content (AvgIpc) is 3.03. The molecule has 0 heterocycles. The molecule has 1 fully saturated rings. The van der Waals surface area contributed by atoms with Crippen LogP contribution in [-0.4, -0.2) is 56.5 Å². The fourth-order valence-corrected chi connectivity index (χ4v) is 7.43. The van der Waals surface area contributed by atoms with Crippen molar-refractivity contribution < 1.29 is 44.3 Å². The second-order valence-corrected chi connectivity index (χ2v) is 12.6. The van der Waals surface area contributed by atoms with E-state index in [1.54, 1.807) is 75.6 Å². The van der Waals surface area contributed by atoms with Gasteiger partial charge in [0.1, 0.15) is 28.6 Å². The smallest absolute Gasteiger partial charge is 0.255 e. The first-order chi connectivity index (χ1) is 22.3. The average molecular weight is 639 g/mol. The van der Waals surface area contributed by atoms with Crippen LogP contribution in [0.3, 0.4) is 0 Å². The summed E-state index contributed by atoms with van der Waals surface area (Å²) in [5.41, 5.74) is 4.62. The molecule has 3 aromatic carbocycles. The highest BCUT2D eigenvalue weighted by molar-refractivity contribution is 6.23. The highest BCUT2D eigenvalue weighted by Crippen LogP contribution is 2.55. The minimum atomic E-state index is -2.66. The lowest BCUT2D eigenvalue weighted by atomic mass is 9.54. The fourth-order valence-electron chi connectivity index (χ4n) is 7.43. The molecule has 0 aromatic heterocycles. The minimum absolute atomic E-state index is 0.00641. The van der Waals surface area contributed by atoms with E-state index in [2.05, 4.69) is 5.32 Å². The van der Waals surface area contributed by atoms with E-state index in [1.807, 2.05) is 0 Å². The number of methoxy groups -OCH3 is 1. The number of ketones is 2. The Hall–Kier alpha value is -5.42. The summed E-state index contributed by atoms with van der Waals surface area (Å²) in [6.45, 7) is 3.43. The summed E-state index contributed by atoms with van der Waals surface area (Å²) < 4.78 is 5.14. The number of carbonyl (C=O) groups is 4. The highest BCUT2D eigenvalue weighted by atomic mass is 16.5. The number of benzene rings is 3. The van der Waals surface area contributed by atoms with Crippen LogP contribution in [0.15, 0.2) is 77.6 Å². The van der Waals surface area contributed by atoms with Gasteiger partial charge >= 0.3 is 0 Å². The molecule has 3 aromatic rings. The predicted molar refractivity (Wildman–Crippen MR) is 171 cm³/mol. The van der Waals surface area contributed by atoms with Gasteiger partial charge in [0.15, 0.2) is 11.4 Å². The number of carbonyl (C=O) groups excluding carboxylic acids is 4. The molecule has 0 radical (unpaired) electrons. The van der Waals surface area contributed by atoms with Gasteiger partial charge in [-0.3, -0.25) is 19.2 Å². The third-order valence-electron chi connectivity index (χ3n) is 9.66. The molecule has 47 heavy (non-hydrogen) atoms. The molecule has 3 aliphatic rings. The number of hydrogen-bond donors (Lipinski definition) is 6. The van der Waals surface area contributed by atoms with Gasteiger partial charge < -0.3 is 36.2 Å². The van der Waals surface area contributed by atoms with Crippen LogP contribution in [0.25, 0.3) is 16.9 Å². The number of amides is 2. The maximum atomic E-state index is 14.1. The van der Waals surface area contributed by atoms with Gasteiger partial charge in [-0.15, -0.1) is 0 Å². The minimum Gasteiger partial charge on any atom is -0.508 e. The standard InChI is InChI=1S/C36H34N2O9/c1-16(2)26-24-15-19-14-23-22(17-4-8-20(9-5-17)38-35(45)18-6-10-21(47-3)11-7-18)12-13-25(39)28(23)31(41)27(19)32(42)36(24,46)33(43)29(30(26)40)34(37)44/h4-13,16,19,24,26,39,41,43,46H,14-15H2,1-3H3,(H2,37,44)(H,38,45)/t19-,24-,26-,36-/m0/s1. The van der Waals surface area contributed by atoms with Crippen LogP contribution < -0.4 is 15.8 Å². The van der Waals surface area contributed by atoms with Crippen LogP contribution >= 0.6 is 0 Å². The highest BCUT2D eigenvalue weighted by Gasteiger charge is 2.64. The van der Waals surface area contributed by atoms with Crippen molar-refractivity contribution in [1.82, 2.24) is 0 Å². The Morgan fingerprint density at radius 1 is 0.979 bits per heavy atom. The number of primary amides is 1. The van der Waals surface area contributed by atoms with Crippen LogP contribution in [0, 0.1) is 23.7 Å². The Bertz CT molecular complexity index is 1910. The molecule has 2 amide bonds. The lowest BCUT2D eigenvalue weighted by Crippen LogP contribution is -2.62. The summed E-state index contributed by atoms with van der Waals surface area (Å²) in [6.07, 6.45) is 0.191. The fraction of sp³-hybridized carbons (Fsp3) is 0.278. The summed E-state index contributed by atoms with van der Waals surface area (Å²) in [6, 6.07) is 16.7. The number of aliphatic hydroxyl groups excluding tert-OH is 2. The Morgan fingerprint density at radius 3 is 2.23 bits per heavy atom. The monoisotopic (exact) mass is 638 g/mol. The van der Waals surface area contributed by atoms with Gasteiger partial charge in [0.25, 0.3) is 11.8 Å². The number of hydrogen-bond acceptors (Lipinski definition) is 9. The zero-order chi connectivity index (χ0) is 33.9. The normalized spacial score (nSPS) is 23.6. The van der Waals surface area contributed by atoms with E-state index in [-0.39, 0.29) is 35.6 Å². The van der Waals surface area contributed by atoms with Gasteiger partial charge in [-0.25, -0.2) is 0 Å². The van der Waals surface area contributed by atoms with Crippen LogP contribution in [0.2, 0.25) is 0 Å². The predicted octanol–water partition coefficient (Wildman–Crippen LogP) is 4.23. The van der Waals surface area contributed by atoms with Crippen LogP contribution in [-0.2, 0) is 20.8 Å². The number of Topliss-reactive ketones (excluding diaryl/α,β-unsaturated/α-hetero) is 2. The largest absolute Gasteiger partial charge is 0.508 e. The molecule has 0 unspecified atom stereocenters. The molecule has 0 bridgehead atoms. The molecule has 7 N–H and O–H groups in total. The number of nitrogens with one attached hydrogen (secondary N) is 1. The van der Waals surface area contributed by atoms with Crippen molar-refractivity contribution in [3.05, 3.63) is 94.3 Å². The molecule has 242 valence electrons. The summed E-state index contributed by atoms with van der Waals surface area (Å²) in [4.78, 5) is 52.4. The van der Waals surface area contributed by atoms with E-state index in [0.717, 1.165) is 0 Å². The number of phenols is 1. The molecule has 4 atom stereocenters. The van der Waals surface area contributed by atoms with Crippen molar-refractivity contribution in [2.24, 2.45) is 29.4 Å². The molecule has 0 saturated heterocycles. The first-order valence-corrected chi connectivity index (χ1v) is 15.2. The summed E-state index contributed by atoms with van der Waals surface area (Å²) in [5.74, 6) is -7.88. The zero-order valence-corrected chi connectivity index (χ0v) is 25.9. The Labute approximate surface area is 270 Å². The number of aliphatic hydroxyl groups is 3. The lowest BCUT2D eigenvalue weighted by molar-refractivity contribution is -0.155. The third kappa shape index (κ3) is 4.85. The summed E-state index contributed by atoms with van der Waals surface area (Å²) >= 11 is 0. The van der Waals surface area contributed by atoms with Crippen molar-refractivity contribution >= 4 is 34.8 Å². The molecule has 11 heteroatoms. The molecule has 0 spiro atoms. The third-order valence-corrected chi connectivity index (χ3v) is 9.66. The Balaban J connectivity index is 1.38. The number of aromatic hydroxyl groups is 1. The quantitative estimate of drug-likeness (QED) is 0.214. The second-order valence-electron chi connectivity index (χ2n) is 12.6. The first kappa shape index (κ1) is 31.6. The number of anilines is 1. The number of ether oxygens (including phenoxy) is 1. The van der Waals surface area contributed by atoms with Gasteiger partial charge in [0.2, 0.25) is 5.78 Å². The van der Waals surface area contributed by atoms with E-state index >= 15 is 0 Å². The molecule has 3 aliphatic carbocycles. The number of fused-ring (bicyclic) bond motifs is 3. The molecular weight excluding hydrogens is 604 g/mol. The maximum Gasteiger partial charge on any atom is 0.255 e. The molecule has 11 nitrogen and oxygen atoms in total. The Kier molecular flexibility index (Phi) is 7.67. The SMILES string of the molecule is COc1ccc(C(=O)Nc2ccc(-c3ccc(O)c4c3C[C@H]3C[C@H]5[C@H](C(C)C)C(=O)C(C(N)=O)=C(O)[C@@]5(O)C(=O)C3=C4O)cc2)cc1. The van der Waals surface area contributed by atoms with E-state index in [4.69, 9.17) is 10.5 Å². The van der Waals surface area contributed by atoms with E-state index in [1.165, 1.54) is 6.07 Å². The van der Waals surface area contributed by atoms with Crippen LogP contribution in [0.1, 0.15) is 41.8 Å². The van der Waals surface area contributed by atoms with Crippen molar-refractivity contribution in [2.75, 3.05) is 12.4 Å². The number of rotatable bonds is 6. The number of phenolic OH excluding ortho intramolecular Hbond substituents is 1. The van der Waals surface area contributed by atoms with E-state index in [9.17, 15) is 39.6 Å². The number of nitrogens with two attached hydrogens (primary N) is 1. The van der Waals surface area contributed by atoms with E-state index < -0.39 is 63.8 Å². The first-order valence-electron chi connectivity index (χ1n) is 15.2. The van der Waals surface area contributed by atoms with Crippen molar-refractivity contribution in [1.29, 1.82) is 0 Å². The molecule has 6 rings (SSSR count). The van der Waals surface area contributed by atoms with Gasteiger partial charge in [-0.1, -0.05) is 32.0 Å². The molecule has 0 aliphatic heterocycles. The van der Waals surface area contributed by atoms with Gasteiger partial charge in [0.05, 0.1) is 12.7 Å². The Morgan fingerprint density at radius 2 is 1.64 bits per heavy atom. The van der Waals surface area contributed by atoms with Gasteiger partial charge in [-0.2, -0.15) is 0 Å². The summed E-state index contributed by atoms with van der Waals surface area (Å²) in [7, 11) is 1.54. The molecular formula is C36H34N2O9. The topological polar surface area (TPSA) is 196 Å². The zero-order valence-electron chi connectivity index (χ0n) is 25.9. The van der Waals surface area contributed by atoms with Crippen LogP contribution in [0.5, 0.6) is 11.5 Å². The second kappa shape index (κ2) is 11.4. The van der Waals surface area contributed by atoms with Gasteiger partial charge in [-0.05, 0) is 83.8 Å². The van der Waals surface area contributed by atoms with Crippen molar-refractivity contribution in [3.63, 3.8) is 0 Å². The molecule has 1 saturated carbocycles.